The van der Waals surface area contributed by atoms with E-state index in [1.54, 1.807) is 0 Å². The first-order valence-corrected chi connectivity index (χ1v) is 5.59. The largest absolute Gasteiger partial charge is 1.00 e. The monoisotopic (exact) mass is 258 g/mol. The van der Waals surface area contributed by atoms with Crippen LogP contribution in [0.25, 0.3) is 0 Å². The normalized spacial score (nSPS) is 9.50. The van der Waals surface area contributed by atoms with Gasteiger partial charge in [-0.15, -0.1) is 0 Å². The third kappa shape index (κ3) is 19.4. The van der Waals surface area contributed by atoms with Gasteiger partial charge in [-0.05, 0) is 17.9 Å². The quantitative estimate of drug-likeness (QED) is 0.338. The third-order valence-corrected chi connectivity index (χ3v) is 1.58. The number of aliphatic carboxylic acids is 1. The Morgan fingerprint density at radius 1 is 1.50 bits per heavy atom. The van der Waals surface area contributed by atoms with Gasteiger partial charge in [-0.3, -0.25) is 4.55 Å². The Labute approximate surface area is 118 Å². The summed E-state index contributed by atoms with van der Waals surface area (Å²) in [6, 6.07) is 0. The van der Waals surface area contributed by atoms with Crippen LogP contribution in [0.4, 0.5) is 0 Å². The van der Waals surface area contributed by atoms with Crippen LogP contribution in [-0.4, -0.2) is 18.9 Å². The van der Waals surface area contributed by atoms with Gasteiger partial charge in [-0.25, -0.2) is 0 Å². The molecular formula is C9H15NaO5S. The SMILES string of the molecule is C=C(CC(C)C)C(=O)[O-].C=CS(=O)(=O)O.[Na+]. The van der Waals surface area contributed by atoms with Crippen LogP contribution in [0.15, 0.2) is 24.1 Å². The standard InChI is InChI=1S/C7H12O2.C2H4O3S.Na/c1-5(2)4-6(3)7(8)9;1-2-6(3,4)5;/h5H,3-4H2,1-2H3,(H,8,9);2H,1H2,(H,3,4,5);/q;;+1/p-1. The Balaban J connectivity index is -0.000000214. The van der Waals surface area contributed by atoms with Crippen LogP contribution in [-0.2, 0) is 14.9 Å². The second-order valence-corrected chi connectivity index (χ2v) is 4.53. The van der Waals surface area contributed by atoms with E-state index in [1.807, 2.05) is 13.8 Å². The molecule has 0 amide bonds. The topological polar surface area (TPSA) is 94.5 Å². The summed E-state index contributed by atoms with van der Waals surface area (Å²) in [5.74, 6) is -0.792. The molecule has 0 fully saturated rings. The van der Waals surface area contributed by atoms with E-state index in [1.165, 1.54) is 0 Å². The van der Waals surface area contributed by atoms with Crippen molar-refractivity contribution in [3.8, 4) is 0 Å². The smallest absolute Gasteiger partial charge is 0.545 e. The molecule has 0 heterocycles. The van der Waals surface area contributed by atoms with Gasteiger partial charge >= 0.3 is 29.6 Å². The maximum absolute atomic E-state index is 10.0. The Bertz CT molecular complexity index is 320. The third-order valence-electron chi connectivity index (χ3n) is 1.15. The number of rotatable bonds is 4. The van der Waals surface area contributed by atoms with E-state index in [0.29, 0.717) is 17.7 Å². The molecule has 0 aliphatic carbocycles. The van der Waals surface area contributed by atoms with Gasteiger partial charge in [-0.1, -0.05) is 27.0 Å². The van der Waals surface area contributed by atoms with Crippen molar-refractivity contribution in [3.63, 3.8) is 0 Å². The van der Waals surface area contributed by atoms with Crippen LogP contribution < -0.4 is 34.7 Å². The Morgan fingerprint density at radius 2 is 1.81 bits per heavy atom. The Hall–Kier alpha value is -0.140. The maximum atomic E-state index is 10.0. The van der Waals surface area contributed by atoms with Crippen LogP contribution in [0.1, 0.15) is 20.3 Å². The average molecular weight is 258 g/mol. The zero-order chi connectivity index (χ0) is 12.6. The first kappa shape index (κ1) is 21.2. The maximum Gasteiger partial charge on any atom is 1.00 e. The molecule has 0 aromatic heterocycles. The number of carbonyl (C=O) groups excluding carboxylic acids is 1. The number of carbonyl (C=O) groups is 1. The summed E-state index contributed by atoms with van der Waals surface area (Å²) < 4.78 is 26.6. The average Bonchev–Trinajstić information content (AvgIpc) is 2.02. The van der Waals surface area contributed by atoms with Crippen molar-refractivity contribution in [2.24, 2.45) is 5.92 Å². The zero-order valence-corrected chi connectivity index (χ0v) is 12.6. The van der Waals surface area contributed by atoms with Gasteiger partial charge in [0.05, 0.1) is 11.4 Å². The van der Waals surface area contributed by atoms with Crippen molar-refractivity contribution in [2.45, 2.75) is 20.3 Å². The molecule has 0 rings (SSSR count). The van der Waals surface area contributed by atoms with Crippen molar-refractivity contribution >= 4 is 16.1 Å². The molecule has 0 atom stereocenters. The minimum atomic E-state index is -3.90. The minimum Gasteiger partial charge on any atom is -0.545 e. The van der Waals surface area contributed by atoms with Crippen molar-refractivity contribution in [3.05, 3.63) is 24.1 Å². The predicted molar refractivity (Wildman–Crippen MR) is 55.3 cm³/mol. The van der Waals surface area contributed by atoms with E-state index in [9.17, 15) is 18.3 Å². The van der Waals surface area contributed by atoms with Crippen LogP contribution in [0.5, 0.6) is 0 Å². The number of hydrogen-bond acceptors (Lipinski definition) is 4. The summed E-state index contributed by atoms with van der Waals surface area (Å²) in [5.41, 5.74) is 0.185. The molecule has 0 saturated heterocycles. The summed E-state index contributed by atoms with van der Waals surface area (Å²) in [4.78, 5) is 10.0. The van der Waals surface area contributed by atoms with E-state index >= 15 is 0 Å². The van der Waals surface area contributed by atoms with Gasteiger partial charge in [0.2, 0.25) is 0 Å². The Morgan fingerprint density at radius 3 is 1.88 bits per heavy atom. The van der Waals surface area contributed by atoms with E-state index in [-0.39, 0.29) is 35.1 Å². The van der Waals surface area contributed by atoms with Crippen LogP contribution in [0, 0.1) is 5.92 Å². The molecule has 0 aliphatic rings. The summed E-state index contributed by atoms with van der Waals surface area (Å²) in [6.07, 6.45) is 0.516. The molecule has 0 radical (unpaired) electrons. The molecule has 0 unspecified atom stereocenters. The summed E-state index contributed by atoms with van der Waals surface area (Å²) in [6.45, 7) is 10.0. The molecule has 0 bridgehead atoms. The van der Waals surface area contributed by atoms with E-state index in [2.05, 4.69) is 13.2 Å². The number of carboxylic acid groups (broad SMARTS) is 1. The minimum absolute atomic E-state index is 0. The second-order valence-electron chi connectivity index (χ2n) is 3.17. The van der Waals surface area contributed by atoms with Crippen molar-refractivity contribution < 1.29 is 52.4 Å². The number of hydrogen-bond donors (Lipinski definition) is 1. The van der Waals surface area contributed by atoms with Crippen LogP contribution in [0.2, 0.25) is 0 Å². The van der Waals surface area contributed by atoms with E-state index < -0.39 is 16.1 Å². The van der Waals surface area contributed by atoms with Crippen molar-refractivity contribution in [1.29, 1.82) is 0 Å². The Kier molecular flexibility index (Phi) is 13.3. The molecule has 16 heavy (non-hydrogen) atoms. The molecule has 0 aromatic rings. The predicted octanol–water partition coefficient (Wildman–Crippen LogP) is -2.64. The molecule has 5 nitrogen and oxygen atoms in total. The summed E-state index contributed by atoms with van der Waals surface area (Å²) >= 11 is 0. The molecular weight excluding hydrogens is 243 g/mol. The number of carboxylic acids is 1. The first-order chi connectivity index (χ1) is 6.60. The second kappa shape index (κ2) is 10.0. The van der Waals surface area contributed by atoms with Crippen molar-refractivity contribution in [1.82, 2.24) is 0 Å². The molecule has 0 aromatic carbocycles. The van der Waals surface area contributed by atoms with Gasteiger partial charge in [0.15, 0.2) is 0 Å². The van der Waals surface area contributed by atoms with Crippen molar-refractivity contribution in [2.75, 3.05) is 0 Å². The van der Waals surface area contributed by atoms with Gasteiger partial charge in [-0.2, -0.15) is 8.42 Å². The van der Waals surface area contributed by atoms with Gasteiger partial charge < -0.3 is 9.90 Å². The fraction of sp³-hybridized carbons (Fsp3) is 0.444. The molecule has 0 saturated carbocycles. The molecule has 7 heteroatoms. The molecule has 88 valence electrons. The fourth-order valence-electron chi connectivity index (χ4n) is 0.576. The fourth-order valence-corrected chi connectivity index (χ4v) is 0.576. The first-order valence-electron chi connectivity index (χ1n) is 4.09. The molecule has 1 N–H and O–H groups in total. The van der Waals surface area contributed by atoms with Gasteiger partial charge in [0.1, 0.15) is 0 Å². The molecule has 0 spiro atoms. The van der Waals surface area contributed by atoms with E-state index in [4.69, 9.17) is 4.55 Å². The van der Waals surface area contributed by atoms with Gasteiger partial charge in [0.25, 0.3) is 10.1 Å². The van der Waals surface area contributed by atoms with Crippen LogP contribution in [0.3, 0.4) is 0 Å². The molecule has 0 aliphatic heterocycles. The van der Waals surface area contributed by atoms with Gasteiger partial charge in [0, 0.05) is 0 Å². The van der Waals surface area contributed by atoms with E-state index in [0.717, 1.165) is 0 Å². The summed E-state index contributed by atoms with van der Waals surface area (Å²) in [7, 11) is -3.90. The zero-order valence-electron chi connectivity index (χ0n) is 9.76. The van der Waals surface area contributed by atoms with Crippen LogP contribution >= 0.6 is 0 Å². The summed E-state index contributed by atoms with van der Waals surface area (Å²) in [5, 5.41) is 10.5.